The summed E-state index contributed by atoms with van der Waals surface area (Å²) in [7, 11) is 4.78. The molecule has 0 aromatic heterocycles. The lowest BCUT2D eigenvalue weighted by Crippen LogP contribution is -3.00. The number of ketones is 1. The van der Waals surface area contributed by atoms with Crippen molar-refractivity contribution < 1.29 is 41.8 Å². The SMILES string of the molecule is COc1cc(OC)cc(C(O)C[NH2+]CCC(=O)c2ccc(OC)c3ccccc23)c1.[Cl-]. The quantitative estimate of drug-likeness (QED) is 0.332. The number of aliphatic hydroxyl groups excluding tert-OH is 1. The average molecular weight is 446 g/mol. The van der Waals surface area contributed by atoms with Crippen molar-refractivity contribution in [2.75, 3.05) is 34.4 Å². The molecule has 0 saturated carbocycles. The van der Waals surface area contributed by atoms with Crippen molar-refractivity contribution in [1.82, 2.24) is 0 Å². The molecular weight excluding hydrogens is 418 g/mol. The van der Waals surface area contributed by atoms with E-state index in [0.717, 1.165) is 22.1 Å². The highest BCUT2D eigenvalue weighted by molar-refractivity contribution is 6.09. The number of aliphatic hydroxyl groups is 1. The Kier molecular flexibility index (Phi) is 9.12. The zero-order chi connectivity index (χ0) is 21.5. The maximum absolute atomic E-state index is 12.8. The van der Waals surface area contributed by atoms with Crippen LogP contribution in [0.5, 0.6) is 17.2 Å². The van der Waals surface area contributed by atoms with E-state index in [9.17, 15) is 9.90 Å². The van der Waals surface area contributed by atoms with Gasteiger partial charge in [0.05, 0.1) is 34.3 Å². The first-order valence-electron chi connectivity index (χ1n) is 9.89. The lowest BCUT2D eigenvalue weighted by Gasteiger charge is -2.13. The summed E-state index contributed by atoms with van der Waals surface area (Å²) in [6.07, 6.45) is -0.310. The molecule has 0 spiro atoms. The number of halogens is 1. The molecule has 3 aromatic carbocycles. The van der Waals surface area contributed by atoms with Crippen molar-refractivity contribution in [2.24, 2.45) is 0 Å². The number of fused-ring (bicyclic) bond motifs is 1. The Hall–Kier alpha value is -2.80. The smallest absolute Gasteiger partial charge is 0.169 e. The molecule has 3 aromatic rings. The van der Waals surface area contributed by atoms with Gasteiger partial charge in [-0.3, -0.25) is 4.79 Å². The standard InChI is InChI=1S/C24H27NO5.ClH/c1-28-17-12-16(13-18(14-17)29-2)23(27)15-25-11-10-22(26)20-8-9-24(30-3)21-7-5-4-6-19(20)21;/h4-9,12-14,23,25,27H,10-11,15H2,1-3H3;1H. The van der Waals surface area contributed by atoms with Gasteiger partial charge in [-0.2, -0.15) is 0 Å². The van der Waals surface area contributed by atoms with Crippen LogP contribution in [0.1, 0.15) is 28.4 Å². The number of methoxy groups -OCH3 is 3. The third kappa shape index (κ3) is 5.88. The highest BCUT2D eigenvalue weighted by Gasteiger charge is 2.15. The molecule has 0 aliphatic carbocycles. The van der Waals surface area contributed by atoms with Crippen LogP contribution in [-0.2, 0) is 0 Å². The highest BCUT2D eigenvalue weighted by atomic mass is 35.5. The van der Waals surface area contributed by atoms with E-state index in [-0.39, 0.29) is 18.2 Å². The second-order valence-electron chi connectivity index (χ2n) is 7.01. The van der Waals surface area contributed by atoms with Gasteiger partial charge in [0.2, 0.25) is 0 Å². The van der Waals surface area contributed by atoms with E-state index in [1.165, 1.54) is 0 Å². The van der Waals surface area contributed by atoms with E-state index >= 15 is 0 Å². The number of nitrogens with two attached hydrogens (primary N) is 1. The molecule has 166 valence electrons. The second-order valence-corrected chi connectivity index (χ2v) is 7.01. The average Bonchev–Trinajstić information content (AvgIpc) is 2.80. The minimum Gasteiger partial charge on any atom is -1.00 e. The summed E-state index contributed by atoms with van der Waals surface area (Å²) in [5, 5.41) is 14.3. The molecule has 0 bridgehead atoms. The minimum atomic E-state index is -0.689. The van der Waals surface area contributed by atoms with Crippen LogP contribution in [-0.4, -0.2) is 45.3 Å². The fourth-order valence-corrected chi connectivity index (χ4v) is 3.49. The van der Waals surface area contributed by atoms with Crippen molar-refractivity contribution in [3.05, 3.63) is 65.7 Å². The number of carbonyl (C=O) groups excluding carboxylic acids is 1. The van der Waals surface area contributed by atoms with Crippen LogP contribution in [0.3, 0.4) is 0 Å². The van der Waals surface area contributed by atoms with Gasteiger partial charge in [-0.1, -0.05) is 24.3 Å². The van der Waals surface area contributed by atoms with Crippen LogP contribution in [0.15, 0.2) is 54.6 Å². The summed E-state index contributed by atoms with van der Waals surface area (Å²) in [6, 6.07) is 16.7. The number of Topliss-reactive ketones (excluding diaryl/α,β-unsaturated/α-hetero) is 1. The predicted octanol–water partition coefficient (Wildman–Crippen LogP) is -0.261. The molecule has 3 N–H and O–H groups in total. The Morgan fingerprint density at radius 1 is 0.935 bits per heavy atom. The molecule has 0 amide bonds. The van der Waals surface area contributed by atoms with Crippen molar-refractivity contribution in [3.63, 3.8) is 0 Å². The second kappa shape index (κ2) is 11.6. The minimum absolute atomic E-state index is 0. The molecule has 31 heavy (non-hydrogen) atoms. The number of quaternary nitrogens is 1. The first kappa shape index (κ1) is 24.5. The molecule has 1 atom stereocenters. The molecule has 6 nitrogen and oxygen atoms in total. The summed E-state index contributed by atoms with van der Waals surface area (Å²) >= 11 is 0. The first-order chi connectivity index (χ1) is 14.6. The van der Waals surface area contributed by atoms with Crippen LogP contribution in [0.25, 0.3) is 10.8 Å². The lowest BCUT2D eigenvalue weighted by atomic mass is 9.99. The van der Waals surface area contributed by atoms with Gasteiger partial charge in [-0.25, -0.2) is 0 Å². The lowest BCUT2D eigenvalue weighted by molar-refractivity contribution is -0.660. The topological polar surface area (TPSA) is 81.6 Å². The van der Waals surface area contributed by atoms with Gasteiger partial charge < -0.3 is 37.0 Å². The molecule has 0 aliphatic heterocycles. The number of hydrogen-bond acceptors (Lipinski definition) is 5. The molecule has 7 heteroatoms. The zero-order valence-corrected chi connectivity index (χ0v) is 18.7. The summed E-state index contributed by atoms with van der Waals surface area (Å²) in [5.41, 5.74) is 1.41. The van der Waals surface area contributed by atoms with Gasteiger partial charge in [0, 0.05) is 17.0 Å². The Morgan fingerprint density at radius 2 is 1.58 bits per heavy atom. The summed E-state index contributed by atoms with van der Waals surface area (Å²) in [4.78, 5) is 12.8. The Labute approximate surface area is 188 Å². The maximum atomic E-state index is 12.8. The van der Waals surface area contributed by atoms with Gasteiger partial charge in [0.15, 0.2) is 5.78 Å². The van der Waals surface area contributed by atoms with Crippen LogP contribution in [0, 0.1) is 0 Å². The molecular formula is C24H28ClNO5. The van der Waals surface area contributed by atoms with Crippen LogP contribution in [0.4, 0.5) is 0 Å². The molecule has 3 rings (SSSR count). The van der Waals surface area contributed by atoms with Gasteiger partial charge in [0.25, 0.3) is 0 Å². The first-order valence-corrected chi connectivity index (χ1v) is 9.89. The zero-order valence-electron chi connectivity index (χ0n) is 17.9. The number of ether oxygens (including phenoxy) is 3. The summed E-state index contributed by atoms with van der Waals surface area (Å²) in [6.45, 7) is 1.02. The number of rotatable bonds is 10. The molecule has 0 fully saturated rings. The van der Waals surface area contributed by atoms with Crippen molar-refractivity contribution in [3.8, 4) is 17.2 Å². The Balaban J connectivity index is 0.00000341. The fraction of sp³-hybridized carbons (Fsp3) is 0.292. The Bertz CT molecular complexity index is 1000. The third-order valence-corrected chi connectivity index (χ3v) is 5.13. The third-order valence-electron chi connectivity index (χ3n) is 5.13. The summed E-state index contributed by atoms with van der Waals surface area (Å²) < 4.78 is 15.9. The largest absolute Gasteiger partial charge is 1.00 e. The van der Waals surface area contributed by atoms with Crippen LogP contribution >= 0.6 is 0 Å². The molecule has 1 unspecified atom stereocenters. The summed E-state index contributed by atoms with van der Waals surface area (Å²) in [5.74, 6) is 2.09. The van der Waals surface area contributed by atoms with Crippen molar-refractivity contribution >= 4 is 16.6 Å². The van der Waals surface area contributed by atoms with Gasteiger partial charge in [-0.15, -0.1) is 0 Å². The van der Waals surface area contributed by atoms with Crippen LogP contribution < -0.4 is 31.9 Å². The normalized spacial score (nSPS) is 11.5. The maximum Gasteiger partial charge on any atom is 0.169 e. The Morgan fingerprint density at radius 3 is 2.19 bits per heavy atom. The molecule has 0 saturated heterocycles. The number of carbonyl (C=O) groups is 1. The highest BCUT2D eigenvalue weighted by Crippen LogP contribution is 2.29. The van der Waals surface area contributed by atoms with E-state index in [0.29, 0.717) is 36.6 Å². The van der Waals surface area contributed by atoms with E-state index in [4.69, 9.17) is 14.2 Å². The van der Waals surface area contributed by atoms with Crippen molar-refractivity contribution in [1.29, 1.82) is 0 Å². The number of hydrogen-bond donors (Lipinski definition) is 2. The van der Waals surface area contributed by atoms with Crippen LogP contribution in [0.2, 0.25) is 0 Å². The molecule has 0 heterocycles. The van der Waals surface area contributed by atoms with Gasteiger partial charge in [0.1, 0.15) is 29.9 Å². The van der Waals surface area contributed by atoms with Gasteiger partial charge >= 0.3 is 0 Å². The monoisotopic (exact) mass is 445 g/mol. The predicted molar refractivity (Wildman–Crippen MR) is 116 cm³/mol. The van der Waals surface area contributed by atoms with E-state index in [2.05, 4.69) is 0 Å². The van der Waals surface area contributed by atoms with Gasteiger partial charge in [-0.05, 0) is 35.2 Å². The van der Waals surface area contributed by atoms with E-state index in [1.54, 1.807) is 39.5 Å². The van der Waals surface area contributed by atoms with E-state index < -0.39 is 6.10 Å². The van der Waals surface area contributed by atoms with Crippen molar-refractivity contribution in [2.45, 2.75) is 12.5 Å². The molecule has 0 radical (unpaired) electrons. The van der Waals surface area contributed by atoms with E-state index in [1.807, 2.05) is 41.7 Å². The number of benzene rings is 3. The fourth-order valence-electron chi connectivity index (χ4n) is 3.49. The molecule has 0 aliphatic rings.